The summed E-state index contributed by atoms with van der Waals surface area (Å²) in [6, 6.07) is 7.36. The highest BCUT2D eigenvalue weighted by Gasteiger charge is 2.47. The summed E-state index contributed by atoms with van der Waals surface area (Å²) < 4.78 is 5.48. The van der Waals surface area contributed by atoms with Crippen LogP contribution >= 0.6 is 11.6 Å². The zero-order valence-corrected chi connectivity index (χ0v) is 11.3. The number of carbonyl (C=O) groups excluding carboxylic acids is 1. The molecule has 1 aromatic rings. The van der Waals surface area contributed by atoms with Crippen LogP contribution in [0.4, 0.5) is 0 Å². The molecule has 1 aliphatic heterocycles. The molecule has 1 amide bonds. The molecule has 3 nitrogen and oxygen atoms in total. The van der Waals surface area contributed by atoms with Crippen molar-refractivity contribution in [3.8, 4) is 0 Å². The largest absolute Gasteiger partial charge is 0.354 e. The standard InChI is InChI=1S/C15H16ClNO2/c1-3-9-17(10-4-2)15(18)14-13(19-14)11-5-7-12(16)8-6-11/h3-8,13-14H,1-2,9-10H2. The molecule has 0 spiro atoms. The van der Waals surface area contributed by atoms with Gasteiger partial charge in [-0.15, -0.1) is 13.2 Å². The van der Waals surface area contributed by atoms with Crippen LogP contribution in [0.3, 0.4) is 0 Å². The molecule has 0 aliphatic carbocycles. The van der Waals surface area contributed by atoms with E-state index in [1.807, 2.05) is 12.1 Å². The van der Waals surface area contributed by atoms with Gasteiger partial charge >= 0.3 is 0 Å². The van der Waals surface area contributed by atoms with Crippen molar-refractivity contribution in [2.75, 3.05) is 13.1 Å². The van der Waals surface area contributed by atoms with Crippen LogP contribution in [-0.2, 0) is 9.53 Å². The molecule has 0 radical (unpaired) electrons. The lowest BCUT2D eigenvalue weighted by molar-refractivity contribution is -0.131. The van der Waals surface area contributed by atoms with Gasteiger partial charge in [-0.1, -0.05) is 35.9 Å². The van der Waals surface area contributed by atoms with Gasteiger partial charge in [-0.25, -0.2) is 0 Å². The van der Waals surface area contributed by atoms with Crippen LogP contribution in [0.25, 0.3) is 0 Å². The van der Waals surface area contributed by atoms with E-state index in [0.29, 0.717) is 18.1 Å². The maximum atomic E-state index is 12.2. The first kappa shape index (κ1) is 13.8. The summed E-state index contributed by atoms with van der Waals surface area (Å²) in [6.45, 7) is 8.29. The molecule has 100 valence electrons. The molecule has 2 atom stereocenters. The number of amides is 1. The topological polar surface area (TPSA) is 32.8 Å². The maximum Gasteiger partial charge on any atom is 0.255 e. The van der Waals surface area contributed by atoms with Gasteiger partial charge in [0.05, 0.1) is 0 Å². The highest BCUT2D eigenvalue weighted by Crippen LogP contribution is 2.40. The maximum absolute atomic E-state index is 12.2. The van der Waals surface area contributed by atoms with E-state index < -0.39 is 6.10 Å². The van der Waals surface area contributed by atoms with Crippen LogP contribution in [0.2, 0.25) is 5.02 Å². The van der Waals surface area contributed by atoms with E-state index in [-0.39, 0.29) is 12.0 Å². The molecule has 1 fully saturated rings. The van der Waals surface area contributed by atoms with E-state index in [1.54, 1.807) is 29.2 Å². The molecule has 0 N–H and O–H groups in total. The number of nitrogens with zero attached hydrogens (tertiary/aromatic N) is 1. The number of epoxide rings is 1. The minimum absolute atomic E-state index is 0.0280. The smallest absolute Gasteiger partial charge is 0.255 e. The van der Waals surface area contributed by atoms with Crippen molar-refractivity contribution in [2.24, 2.45) is 0 Å². The Kier molecular flexibility index (Phi) is 4.40. The fourth-order valence-electron chi connectivity index (χ4n) is 1.95. The molecule has 1 saturated heterocycles. The quantitative estimate of drug-likeness (QED) is 0.592. The molecule has 19 heavy (non-hydrogen) atoms. The minimum atomic E-state index is -0.402. The van der Waals surface area contributed by atoms with Gasteiger partial charge in [0.15, 0.2) is 6.10 Å². The number of carbonyl (C=O) groups is 1. The van der Waals surface area contributed by atoms with Gasteiger partial charge in [0.25, 0.3) is 5.91 Å². The fraction of sp³-hybridized carbons (Fsp3) is 0.267. The minimum Gasteiger partial charge on any atom is -0.354 e. The molecule has 4 heteroatoms. The lowest BCUT2D eigenvalue weighted by Crippen LogP contribution is -2.34. The Labute approximate surface area is 118 Å². The van der Waals surface area contributed by atoms with Crippen molar-refractivity contribution in [3.05, 3.63) is 60.2 Å². The average molecular weight is 278 g/mol. The van der Waals surface area contributed by atoms with E-state index in [9.17, 15) is 4.79 Å². The monoisotopic (exact) mass is 277 g/mol. The summed E-state index contributed by atoms with van der Waals surface area (Å²) in [5.74, 6) is -0.0280. The summed E-state index contributed by atoms with van der Waals surface area (Å²) in [5, 5.41) is 0.673. The molecular formula is C15H16ClNO2. The predicted molar refractivity (Wildman–Crippen MR) is 76.0 cm³/mol. The highest BCUT2D eigenvalue weighted by molar-refractivity contribution is 6.30. The van der Waals surface area contributed by atoms with E-state index in [1.165, 1.54) is 0 Å². The molecular weight excluding hydrogens is 262 g/mol. The number of benzene rings is 1. The lowest BCUT2D eigenvalue weighted by atomic mass is 10.1. The van der Waals surface area contributed by atoms with E-state index in [0.717, 1.165) is 5.56 Å². The Balaban J connectivity index is 2.00. The van der Waals surface area contributed by atoms with Crippen LogP contribution in [-0.4, -0.2) is 30.0 Å². The second-order valence-electron chi connectivity index (χ2n) is 4.35. The van der Waals surface area contributed by atoms with Gasteiger partial charge in [-0.3, -0.25) is 4.79 Å². The molecule has 0 bridgehead atoms. The van der Waals surface area contributed by atoms with Gasteiger partial charge in [-0.2, -0.15) is 0 Å². The first-order chi connectivity index (χ1) is 9.17. The Morgan fingerprint density at radius 1 is 1.26 bits per heavy atom. The van der Waals surface area contributed by atoms with Crippen LogP contribution in [0.5, 0.6) is 0 Å². The summed E-state index contributed by atoms with van der Waals surface area (Å²) in [7, 11) is 0. The second kappa shape index (κ2) is 6.04. The number of rotatable bonds is 6. The number of halogens is 1. The van der Waals surface area contributed by atoms with Crippen molar-refractivity contribution in [1.82, 2.24) is 4.90 Å². The molecule has 2 unspecified atom stereocenters. The Morgan fingerprint density at radius 3 is 2.37 bits per heavy atom. The van der Waals surface area contributed by atoms with Crippen LogP contribution in [0.1, 0.15) is 11.7 Å². The SMILES string of the molecule is C=CCN(CC=C)C(=O)C1OC1c1ccc(Cl)cc1. The van der Waals surface area contributed by atoms with Crippen LogP contribution < -0.4 is 0 Å². The zero-order valence-electron chi connectivity index (χ0n) is 10.6. The molecule has 0 aromatic heterocycles. The van der Waals surface area contributed by atoms with Crippen molar-refractivity contribution in [3.63, 3.8) is 0 Å². The lowest BCUT2D eigenvalue weighted by Gasteiger charge is -2.17. The van der Waals surface area contributed by atoms with Gasteiger partial charge in [0.1, 0.15) is 6.10 Å². The normalized spacial score (nSPS) is 20.7. The van der Waals surface area contributed by atoms with Crippen LogP contribution in [0.15, 0.2) is 49.6 Å². The Bertz CT molecular complexity index is 473. The molecule has 0 saturated carbocycles. The third-order valence-electron chi connectivity index (χ3n) is 2.94. The van der Waals surface area contributed by atoms with Gasteiger partial charge < -0.3 is 9.64 Å². The average Bonchev–Trinajstić information content (AvgIpc) is 3.19. The molecule has 1 aromatic carbocycles. The highest BCUT2D eigenvalue weighted by atomic mass is 35.5. The Hall–Kier alpha value is -1.58. The van der Waals surface area contributed by atoms with Gasteiger partial charge in [0.2, 0.25) is 0 Å². The first-order valence-corrected chi connectivity index (χ1v) is 6.46. The summed E-state index contributed by atoms with van der Waals surface area (Å²) in [5.41, 5.74) is 0.972. The van der Waals surface area contributed by atoms with E-state index in [4.69, 9.17) is 16.3 Å². The molecule has 1 heterocycles. The van der Waals surface area contributed by atoms with E-state index in [2.05, 4.69) is 13.2 Å². The number of hydrogen-bond acceptors (Lipinski definition) is 2. The Morgan fingerprint density at radius 2 is 1.84 bits per heavy atom. The number of hydrogen-bond donors (Lipinski definition) is 0. The summed E-state index contributed by atoms with van der Waals surface area (Å²) in [4.78, 5) is 13.9. The zero-order chi connectivity index (χ0) is 13.8. The van der Waals surface area contributed by atoms with Gasteiger partial charge in [-0.05, 0) is 17.7 Å². The summed E-state index contributed by atoms with van der Waals surface area (Å²) >= 11 is 5.83. The van der Waals surface area contributed by atoms with Gasteiger partial charge in [0, 0.05) is 18.1 Å². The fourth-order valence-corrected chi connectivity index (χ4v) is 2.08. The molecule has 1 aliphatic rings. The first-order valence-electron chi connectivity index (χ1n) is 6.09. The van der Waals surface area contributed by atoms with Crippen LogP contribution in [0, 0.1) is 0 Å². The molecule has 2 rings (SSSR count). The van der Waals surface area contributed by atoms with Crippen molar-refractivity contribution in [2.45, 2.75) is 12.2 Å². The second-order valence-corrected chi connectivity index (χ2v) is 4.79. The predicted octanol–water partition coefficient (Wildman–Crippen LogP) is 2.98. The van der Waals surface area contributed by atoms with E-state index >= 15 is 0 Å². The van der Waals surface area contributed by atoms with Crippen molar-refractivity contribution < 1.29 is 9.53 Å². The van der Waals surface area contributed by atoms with Crippen molar-refractivity contribution in [1.29, 1.82) is 0 Å². The number of ether oxygens (including phenoxy) is 1. The third-order valence-corrected chi connectivity index (χ3v) is 3.20. The summed E-state index contributed by atoms with van der Waals surface area (Å²) in [6.07, 6.45) is 2.82. The third kappa shape index (κ3) is 3.25. The van der Waals surface area contributed by atoms with Crippen molar-refractivity contribution >= 4 is 17.5 Å².